The molecule has 17 heavy (non-hydrogen) atoms. The molecule has 0 atom stereocenters. The van der Waals surface area contributed by atoms with Crippen molar-refractivity contribution in [1.82, 2.24) is 4.98 Å². The van der Waals surface area contributed by atoms with E-state index in [-0.39, 0.29) is 0 Å². The number of halogens is 3. The highest BCUT2D eigenvalue weighted by molar-refractivity contribution is 7.89. The number of nitrogens with zero attached hydrogens (tertiary/aromatic N) is 2. The predicted molar refractivity (Wildman–Crippen MR) is 47.0 cm³/mol. The van der Waals surface area contributed by atoms with Crippen LogP contribution in [0.2, 0.25) is 0 Å². The summed E-state index contributed by atoms with van der Waals surface area (Å²) in [6.07, 6.45) is -4.30. The van der Waals surface area contributed by atoms with Crippen LogP contribution in [-0.4, -0.2) is 19.8 Å². The lowest BCUT2D eigenvalue weighted by Crippen LogP contribution is -2.22. The number of sulfonamides is 1. The van der Waals surface area contributed by atoms with Crippen LogP contribution in [0.3, 0.4) is 0 Å². The number of alkyl halides is 3. The summed E-state index contributed by atoms with van der Waals surface area (Å²) < 4.78 is 61.5. The third-order valence-corrected chi connectivity index (χ3v) is 2.45. The van der Waals surface area contributed by atoms with Gasteiger partial charge in [0.2, 0.25) is 10.0 Å². The normalized spacial score (nSPS) is 11.9. The van der Waals surface area contributed by atoms with Crippen LogP contribution in [0.5, 0.6) is 5.75 Å². The van der Waals surface area contributed by atoms with Crippen LogP contribution in [0, 0.1) is 11.3 Å². The van der Waals surface area contributed by atoms with Gasteiger partial charge in [-0.05, 0) is 0 Å². The molecule has 0 fully saturated rings. The molecular weight excluding hydrogens is 263 g/mol. The van der Waals surface area contributed by atoms with Crippen molar-refractivity contribution in [2.75, 3.05) is 0 Å². The summed E-state index contributed by atoms with van der Waals surface area (Å²) in [5.41, 5.74) is -0.769. The Bertz CT molecular complexity index is 576. The molecular formula is C7H4F3N3O3S. The molecule has 0 saturated carbocycles. The Balaban J connectivity index is 3.48. The number of nitriles is 1. The van der Waals surface area contributed by atoms with Gasteiger partial charge in [0, 0.05) is 12.3 Å². The zero-order valence-electron chi connectivity index (χ0n) is 7.89. The number of hydrogen-bond acceptors (Lipinski definition) is 5. The van der Waals surface area contributed by atoms with Gasteiger partial charge >= 0.3 is 6.36 Å². The lowest BCUT2D eigenvalue weighted by Gasteiger charge is -2.12. The summed E-state index contributed by atoms with van der Waals surface area (Å²) in [4.78, 5) is 2.19. The number of pyridine rings is 1. The van der Waals surface area contributed by atoms with E-state index in [4.69, 9.17) is 5.26 Å². The highest BCUT2D eigenvalue weighted by Crippen LogP contribution is 2.29. The van der Waals surface area contributed by atoms with Crippen LogP contribution in [0.4, 0.5) is 13.2 Å². The second-order valence-electron chi connectivity index (χ2n) is 2.69. The van der Waals surface area contributed by atoms with Crippen molar-refractivity contribution >= 4 is 10.0 Å². The molecule has 6 nitrogen and oxygen atoms in total. The van der Waals surface area contributed by atoms with Crippen molar-refractivity contribution in [2.45, 2.75) is 11.3 Å². The maximum absolute atomic E-state index is 12.0. The van der Waals surface area contributed by atoms with Crippen molar-refractivity contribution in [2.24, 2.45) is 5.14 Å². The van der Waals surface area contributed by atoms with E-state index in [1.807, 2.05) is 0 Å². The summed E-state index contributed by atoms with van der Waals surface area (Å²) in [5.74, 6) is -1.09. The third-order valence-electron chi connectivity index (χ3n) is 1.48. The molecule has 0 bridgehead atoms. The molecule has 0 saturated heterocycles. The van der Waals surface area contributed by atoms with E-state index in [1.165, 1.54) is 6.07 Å². The molecule has 0 aliphatic rings. The predicted octanol–water partition coefficient (Wildman–Crippen LogP) is 0.499. The molecule has 0 aliphatic carbocycles. The zero-order valence-corrected chi connectivity index (χ0v) is 8.71. The SMILES string of the molecule is N#Cc1nccc(OC(F)(F)F)c1S(N)(=O)=O. The van der Waals surface area contributed by atoms with Crippen molar-refractivity contribution in [3.63, 3.8) is 0 Å². The average molecular weight is 267 g/mol. The molecule has 1 rings (SSSR count). The summed E-state index contributed by atoms with van der Waals surface area (Å²) >= 11 is 0. The maximum atomic E-state index is 12.0. The van der Waals surface area contributed by atoms with Gasteiger partial charge in [0.25, 0.3) is 0 Å². The molecule has 0 aromatic carbocycles. The van der Waals surface area contributed by atoms with Crippen LogP contribution in [0.1, 0.15) is 5.69 Å². The molecule has 92 valence electrons. The minimum atomic E-state index is -5.10. The molecule has 2 N–H and O–H groups in total. The summed E-state index contributed by atoms with van der Waals surface area (Å²) in [6, 6.07) is 1.96. The molecule has 1 aromatic heterocycles. The summed E-state index contributed by atoms with van der Waals surface area (Å²) in [7, 11) is -4.56. The second kappa shape index (κ2) is 4.19. The molecule has 0 unspecified atom stereocenters. The first-order valence-corrected chi connectivity index (χ1v) is 5.37. The Hall–Kier alpha value is -1.86. The van der Waals surface area contributed by atoms with E-state index in [0.717, 1.165) is 6.20 Å². The number of aromatic nitrogens is 1. The van der Waals surface area contributed by atoms with Gasteiger partial charge < -0.3 is 4.74 Å². The van der Waals surface area contributed by atoms with Crippen LogP contribution in [0.15, 0.2) is 17.2 Å². The van der Waals surface area contributed by atoms with Gasteiger partial charge in [0.15, 0.2) is 16.3 Å². The number of ether oxygens (including phenoxy) is 1. The van der Waals surface area contributed by atoms with Gasteiger partial charge in [-0.25, -0.2) is 18.5 Å². The van der Waals surface area contributed by atoms with E-state index >= 15 is 0 Å². The van der Waals surface area contributed by atoms with Crippen molar-refractivity contribution in [1.29, 1.82) is 5.26 Å². The highest BCUT2D eigenvalue weighted by Gasteiger charge is 2.34. The largest absolute Gasteiger partial charge is 0.573 e. The second-order valence-corrected chi connectivity index (χ2v) is 4.19. The fourth-order valence-electron chi connectivity index (χ4n) is 0.990. The summed E-state index contributed by atoms with van der Waals surface area (Å²) in [5, 5.41) is 13.2. The quantitative estimate of drug-likeness (QED) is 0.839. The molecule has 1 heterocycles. The Morgan fingerprint density at radius 3 is 2.47 bits per heavy atom. The van der Waals surface area contributed by atoms with E-state index in [1.54, 1.807) is 0 Å². The molecule has 0 radical (unpaired) electrons. The Labute approximate surface area is 93.5 Å². The van der Waals surface area contributed by atoms with E-state index in [0.29, 0.717) is 6.07 Å². The summed E-state index contributed by atoms with van der Waals surface area (Å²) in [6.45, 7) is 0. The molecule has 0 aliphatic heterocycles. The van der Waals surface area contributed by atoms with Crippen LogP contribution >= 0.6 is 0 Å². The fourth-order valence-corrected chi connectivity index (χ4v) is 1.75. The topological polar surface area (TPSA) is 106 Å². The Kier molecular flexibility index (Phi) is 3.25. The number of nitrogens with two attached hydrogens (primary N) is 1. The van der Waals surface area contributed by atoms with Gasteiger partial charge in [-0.1, -0.05) is 0 Å². The van der Waals surface area contributed by atoms with Gasteiger partial charge in [0.05, 0.1) is 0 Å². The van der Waals surface area contributed by atoms with Crippen LogP contribution in [-0.2, 0) is 10.0 Å². The monoisotopic (exact) mass is 267 g/mol. The fraction of sp³-hybridized carbons (Fsp3) is 0.143. The minimum Gasteiger partial charge on any atom is -0.404 e. The van der Waals surface area contributed by atoms with Gasteiger partial charge in [0.1, 0.15) is 6.07 Å². The number of hydrogen-bond donors (Lipinski definition) is 1. The van der Waals surface area contributed by atoms with Gasteiger partial charge in [-0.15, -0.1) is 13.2 Å². The molecule has 1 aromatic rings. The van der Waals surface area contributed by atoms with E-state index in [9.17, 15) is 21.6 Å². The van der Waals surface area contributed by atoms with Gasteiger partial charge in [-0.2, -0.15) is 5.26 Å². The molecule has 10 heteroatoms. The molecule has 0 amide bonds. The molecule has 0 spiro atoms. The van der Waals surface area contributed by atoms with Crippen molar-refractivity contribution in [3.05, 3.63) is 18.0 Å². The Morgan fingerprint density at radius 2 is 2.06 bits per heavy atom. The lowest BCUT2D eigenvalue weighted by atomic mass is 10.3. The first-order chi connectivity index (χ1) is 7.65. The maximum Gasteiger partial charge on any atom is 0.573 e. The lowest BCUT2D eigenvalue weighted by molar-refractivity contribution is -0.275. The van der Waals surface area contributed by atoms with Crippen LogP contribution in [0.25, 0.3) is 0 Å². The average Bonchev–Trinajstić information content (AvgIpc) is 2.12. The minimum absolute atomic E-state index is 0.647. The van der Waals surface area contributed by atoms with Gasteiger partial charge in [-0.3, -0.25) is 0 Å². The third kappa shape index (κ3) is 3.30. The smallest absolute Gasteiger partial charge is 0.404 e. The highest BCUT2D eigenvalue weighted by atomic mass is 32.2. The van der Waals surface area contributed by atoms with E-state index < -0.39 is 32.7 Å². The first-order valence-electron chi connectivity index (χ1n) is 3.83. The zero-order chi connectivity index (χ0) is 13.3. The Morgan fingerprint density at radius 1 is 1.47 bits per heavy atom. The number of rotatable bonds is 2. The van der Waals surface area contributed by atoms with Crippen molar-refractivity contribution in [3.8, 4) is 11.8 Å². The first kappa shape index (κ1) is 13.2. The van der Waals surface area contributed by atoms with Crippen molar-refractivity contribution < 1.29 is 26.3 Å². The van der Waals surface area contributed by atoms with E-state index in [2.05, 4.69) is 14.9 Å². The van der Waals surface area contributed by atoms with Crippen LogP contribution < -0.4 is 9.88 Å². The standard InChI is InChI=1S/C7H4F3N3O3S/c8-7(9,10)16-5-1-2-13-4(3-11)6(5)17(12,14)15/h1-2H,(H2,12,14,15). The number of primary sulfonamides is 1.